The predicted molar refractivity (Wildman–Crippen MR) is 126 cm³/mol. The minimum Gasteiger partial charge on any atom is -0.392 e. The van der Waals surface area contributed by atoms with Crippen molar-refractivity contribution in [3.63, 3.8) is 0 Å². The summed E-state index contributed by atoms with van der Waals surface area (Å²) in [7, 11) is 0. The molecule has 2 fully saturated rings. The van der Waals surface area contributed by atoms with Crippen molar-refractivity contribution in [1.82, 2.24) is 0 Å². The molecule has 4 aliphatic rings. The second-order valence-electron chi connectivity index (χ2n) is 11.0. The van der Waals surface area contributed by atoms with E-state index < -0.39 is 0 Å². The van der Waals surface area contributed by atoms with Crippen LogP contribution in [0.2, 0.25) is 0 Å². The van der Waals surface area contributed by atoms with Gasteiger partial charge in [0.2, 0.25) is 0 Å². The van der Waals surface area contributed by atoms with E-state index in [9.17, 15) is 9.90 Å². The van der Waals surface area contributed by atoms with Crippen molar-refractivity contribution in [3.05, 3.63) is 58.2 Å². The first kappa shape index (κ1) is 21.2. The summed E-state index contributed by atoms with van der Waals surface area (Å²) in [5.41, 5.74) is 7.30. The fourth-order valence-corrected chi connectivity index (χ4v) is 7.36. The number of aliphatic hydroxyl groups is 1. The SMILES string of the molecule is CC(C)C(O)C(C)c1ccc(C2CC3CCCC3C3CCC4=CC(=O)CCC4=C23)cc1. The Morgan fingerprint density at radius 3 is 2.48 bits per heavy atom. The van der Waals surface area contributed by atoms with E-state index in [2.05, 4.69) is 45.0 Å². The normalized spacial score (nSPS) is 32.3. The van der Waals surface area contributed by atoms with Gasteiger partial charge in [0.15, 0.2) is 5.78 Å². The molecule has 0 heterocycles. The lowest BCUT2D eigenvalue weighted by atomic mass is 9.58. The summed E-state index contributed by atoms with van der Waals surface area (Å²) in [6.45, 7) is 6.32. The molecule has 0 bridgehead atoms. The largest absolute Gasteiger partial charge is 0.392 e. The maximum Gasteiger partial charge on any atom is 0.156 e. The maximum absolute atomic E-state index is 12.1. The highest BCUT2D eigenvalue weighted by molar-refractivity contribution is 5.93. The second kappa shape index (κ2) is 8.35. The number of aliphatic hydroxyl groups excluding tert-OH is 1. The van der Waals surface area contributed by atoms with Crippen LogP contribution in [0.4, 0.5) is 0 Å². The summed E-state index contributed by atoms with van der Waals surface area (Å²) in [5, 5.41) is 10.5. The van der Waals surface area contributed by atoms with Crippen LogP contribution in [0.15, 0.2) is 47.1 Å². The van der Waals surface area contributed by atoms with E-state index in [0.29, 0.717) is 18.1 Å². The third-order valence-corrected chi connectivity index (χ3v) is 9.03. The summed E-state index contributed by atoms with van der Waals surface area (Å²) >= 11 is 0. The summed E-state index contributed by atoms with van der Waals surface area (Å²) in [6, 6.07) is 9.21. The van der Waals surface area contributed by atoms with E-state index >= 15 is 0 Å². The minimum atomic E-state index is -0.306. The van der Waals surface area contributed by atoms with Crippen molar-refractivity contribution in [2.24, 2.45) is 23.7 Å². The molecule has 31 heavy (non-hydrogen) atoms. The fraction of sp³-hybridized carbons (Fsp3) is 0.621. The first-order valence-corrected chi connectivity index (χ1v) is 12.7. The zero-order chi connectivity index (χ0) is 21.7. The van der Waals surface area contributed by atoms with Crippen molar-refractivity contribution in [2.45, 2.75) is 90.1 Å². The minimum absolute atomic E-state index is 0.156. The summed E-state index contributed by atoms with van der Waals surface area (Å²) < 4.78 is 0. The Labute approximate surface area is 187 Å². The standard InChI is InChI=1S/C29H38O2/c1-17(2)29(31)18(3)19-7-9-20(10-8-19)27-16-21-5-4-6-24(21)26-13-11-22-15-23(30)12-14-25(22)28(26)27/h7-10,15,17-18,21,24,26-27,29,31H,4-6,11-14,16H2,1-3H3. The molecule has 2 nitrogen and oxygen atoms in total. The molecule has 0 spiro atoms. The molecular formula is C29H38O2. The van der Waals surface area contributed by atoms with Gasteiger partial charge in [-0.25, -0.2) is 0 Å². The summed E-state index contributed by atoms with van der Waals surface area (Å²) in [4.78, 5) is 12.1. The van der Waals surface area contributed by atoms with Gasteiger partial charge in [0.25, 0.3) is 0 Å². The van der Waals surface area contributed by atoms with Crippen molar-refractivity contribution in [2.75, 3.05) is 0 Å². The van der Waals surface area contributed by atoms with Crippen molar-refractivity contribution >= 4 is 5.78 Å². The van der Waals surface area contributed by atoms with Crippen LogP contribution >= 0.6 is 0 Å². The molecule has 4 aliphatic carbocycles. The second-order valence-corrected chi connectivity index (χ2v) is 11.0. The Hall–Kier alpha value is -1.67. The molecule has 6 unspecified atom stereocenters. The van der Waals surface area contributed by atoms with Gasteiger partial charge in [-0.15, -0.1) is 0 Å². The first-order valence-electron chi connectivity index (χ1n) is 12.7. The van der Waals surface area contributed by atoms with Gasteiger partial charge >= 0.3 is 0 Å². The Balaban J connectivity index is 1.51. The molecular weight excluding hydrogens is 380 g/mol. The van der Waals surface area contributed by atoms with E-state index in [0.717, 1.165) is 30.6 Å². The van der Waals surface area contributed by atoms with Crippen LogP contribution in [0.3, 0.4) is 0 Å². The summed E-state index contributed by atoms with van der Waals surface area (Å²) in [6.07, 6.45) is 11.1. The van der Waals surface area contributed by atoms with Gasteiger partial charge in [0, 0.05) is 18.3 Å². The number of rotatable bonds is 4. The van der Waals surface area contributed by atoms with E-state index in [1.54, 1.807) is 11.1 Å². The number of ketones is 1. The molecule has 0 amide bonds. The Morgan fingerprint density at radius 2 is 1.74 bits per heavy atom. The molecule has 1 aromatic rings. The molecule has 1 aromatic carbocycles. The van der Waals surface area contributed by atoms with Crippen LogP contribution in [0.5, 0.6) is 0 Å². The van der Waals surface area contributed by atoms with E-state index in [1.807, 2.05) is 6.08 Å². The lowest BCUT2D eigenvalue weighted by Gasteiger charge is -2.46. The third kappa shape index (κ3) is 3.75. The quantitative estimate of drug-likeness (QED) is 0.590. The predicted octanol–water partition coefficient (Wildman–Crippen LogP) is 6.71. The Morgan fingerprint density at radius 1 is 0.968 bits per heavy atom. The molecule has 0 saturated heterocycles. The van der Waals surface area contributed by atoms with Gasteiger partial charge < -0.3 is 5.11 Å². The zero-order valence-electron chi connectivity index (χ0n) is 19.4. The number of carbonyl (C=O) groups is 1. The molecule has 0 aliphatic heterocycles. The first-order chi connectivity index (χ1) is 14.9. The molecule has 0 aromatic heterocycles. The van der Waals surface area contributed by atoms with Crippen LogP contribution in [-0.4, -0.2) is 17.0 Å². The maximum atomic E-state index is 12.1. The highest BCUT2D eigenvalue weighted by atomic mass is 16.3. The molecule has 1 N–H and O–H groups in total. The number of hydrogen-bond acceptors (Lipinski definition) is 2. The lowest BCUT2D eigenvalue weighted by Crippen LogP contribution is -2.35. The highest BCUT2D eigenvalue weighted by Gasteiger charge is 2.46. The monoisotopic (exact) mass is 418 g/mol. The Kier molecular flexibility index (Phi) is 5.71. The molecule has 2 saturated carbocycles. The van der Waals surface area contributed by atoms with Gasteiger partial charge in [0.1, 0.15) is 0 Å². The Bertz CT molecular complexity index is 903. The van der Waals surface area contributed by atoms with Crippen LogP contribution in [0, 0.1) is 23.7 Å². The van der Waals surface area contributed by atoms with Gasteiger partial charge in [-0.3, -0.25) is 4.79 Å². The number of carbonyl (C=O) groups excluding carboxylic acids is 1. The third-order valence-electron chi connectivity index (χ3n) is 9.03. The van der Waals surface area contributed by atoms with Crippen LogP contribution in [0.1, 0.15) is 95.1 Å². The molecule has 6 atom stereocenters. The van der Waals surface area contributed by atoms with Crippen LogP contribution in [0.25, 0.3) is 0 Å². The van der Waals surface area contributed by atoms with Crippen LogP contribution in [-0.2, 0) is 4.79 Å². The lowest BCUT2D eigenvalue weighted by molar-refractivity contribution is -0.114. The average molecular weight is 419 g/mol. The van der Waals surface area contributed by atoms with Gasteiger partial charge in [-0.05, 0) is 84.1 Å². The zero-order valence-corrected chi connectivity index (χ0v) is 19.4. The van der Waals surface area contributed by atoms with Crippen molar-refractivity contribution in [1.29, 1.82) is 0 Å². The number of benzene rings is 1. The van der Waals surface area contributed by atoms with Gasteiger partial charge in [-0.2, -0.15) is 0 Å². The van der Waals surface area contributed by atoms with Gasteiger partial charge in [0.05, 0.1) is 6.10 Å². The van der Waals surface area contributed by atoms with Crippen LogP contribution < -0.4 is 0 Å². The van der Waals surface area contributed by atoms with Crippen molar-refractivity contribution in [3.8, 4) is 0 Å². The molecule has 2 heteroatoms. The fourth-order valence-electron chi connectivity index (χ4n) is 7.36. The number of hydrogen-bond donors (Lipinski definition) is 1. The van der Waals surface area contributed by atoms with E-state index in [4.69, 9.17) is 0 Å². The van der Waals surface area contributed by atoms with Gasteiger partial charge in [-0.1, -0.05) is 63.5 Å². The molecule has 0 radical (unpaired) electrons. The molecule has 166 valence electrons. The smallest absolute Gasteiger partial charge is 0.156 e. The number of allylic oxidation sites excluding steroid dienone is 4. The highest BCUT2D eigenvalue weighted by Crippen LogP contribution is 2.58. The average Bonchev–Trinajstić information content (AvgIpc) is 3.26. The topological polar surface area (TPSA) is 37.3 Å². The van der Waals surface area contributed by atoms with E-state index in [1.165, 1.54) is 48.8 Å². The molecule has 5 rings (SSSR count). The van der Waals surface area contributed by atoms with Crippen molar-refractivity contribution < 1.29 is 9.90 Å². The summed E-state index contributed by atoms with van der Waals surface area (Å²) in [5.74, 6) is 3.73. The number of fused-ring (bicyclic) bond motifs is 4. The van der Waals surface area contributed by atoms with E-state index in [-0.39, 0.29) is 17.9 Å².